The second-order valence-corrected chi connectivity index (χ2v) is 6.68. The van der Waals surface area contributed by atoms with Gasteiger partial charge < -0.3 is 0 Å². The van der Waals surface area contributed by atoms with Crippen LogP contribution in [0, 0.1) is 0 Å². The van der Waals surface area contributed by atoms with Gasteiger partial charge >= 0.3 is 6.18 Å². The Kier molecular flexibility index (Phi) is 5.20. The second-order valence-electron chi connectivity index (χ2n) is 4.05. The van der Waals surface area contributed by atoms with Crippen molar-refractivity contribution in [2.75, 3.05) is 0 Å². The molecular formula is C14H9Br2F3S. The third kappa shape index (κ3) is 4.27. The molecule has 2 aromatic rings. The summed E-state index contributed by atoms with van der Waals surface area (Å²) >= 11 is 7.78. The number of alkyl halides is 4. The van der Waals surface area contributed by atoms with E-state index in [-0.39, 0.29) is 0 Å². The largest absolute Gasteiger partial charge is 0.416 e. The van der Waals surface area contributed by atoms with Crippen molar-refractivity contribution in [1.29, 1.82) is 0 Å². The van der Waals surface area contributed by atoms with Crippen LogP contribution in [-0.2, 0) is 11.5 Å². The smallest absolute Gasteiger partial charge is 0.166 e. The molecule has 0 spiro atoms. The molecule has 0 fully saturated rings. The fourth-order valence-electron chi connectivity index (χ4n) is 1.57. The van der Waals surface area contributed by atoms with Gasteiger partial charge in [0.05, 0.1) is 5.56 Å². The molecule has 0 heterocycles. The average molecular weight is 426 g/mol. The normalized spacial score (nSPS) is 11.7. The van der Waals surface area contributed by atoms with Crippen LogP contribution in [0.2, 0.25) is 0 Å². The van der Waals surface area contributed by atoms with Crippen molar-refractivity contribution >= 4 is 43.6 Å². The first-order valence-electron chi connectivity index (χ1n) is 5.59. The highest BCUT2D eigenvalue weighted by Gasteiger charge is 2.31. The summed E-state index contributed by atoms with van der Waals surface area (Å²) in [6, 6.07) is 11.6. The van der Waals surface area contributed by atoms with Gasteiger partial charge in [0, 0.05) is 19.6 Å². The van der Waals surface area contributed by atoms with Crippen LogP contribution in [0.3, 0.4) is 0 Å². The molecule has 2 rings (SSSR count). The fourth-order valence-corrected chi connectivity index (χ4v) is 3.50. The molecule has 0 aliphatic carbocycles. The van der Waals surface area contributed by atoms with Crippen LogP contribution < -0.4 is 0 Å². The third-order valence-corrected chi connectivity index (χ3v) is 4.60. The first-order chi connectivity index (χ1) is 9.38. The summed E-state index contributed by atoms with van der Waals surface area (Å²) in [4.78, 5) is 1.46. The second kappa shape index (κ2) is 6.54. The van der Waals surface area contributed by atoms with Gasteiger partial charge in [-0.2, -0.15) is 13.2 Å². The van der Waals surface area contributed by atoms with Gasteiger partial charge in [0.25, 0.3) is 0 Å². The zero-order valence-electron chi connectivity index (χ0n) is 10.0. The lowest BCUT2D eigenvalue weighted by molar-refractivity contribution is -0.137. The summed E-state index contributed by atoms with van der Waals surface area (Å²) in [5.74, 6) is 0. The van der Waals surface area contributed by atoms with E-state index in [1.54, 1.807) is 6.07 Å². The van der Waals surface area contributed by atoms with Gasteiger partial charge in [-0.15, -0.1) is 0 Å². The maximum Gasteiger partial charge on any atom is 0.416 e. The van der Waals surface area contributed by atoms with Crippen molar-refractivity contribution in [3.8, 4) is 0 Å². The van der Waals surface area contributed by atoms with E-state index in [0.717, 1.165) is 27.9 Å². The lowest BCUT2D eigenvalue weighted by Crippen LogP contribution is -2.04. The van der Waals surface area contributed by atoms with E-state index >= 15 is 0 Å². The lowest BCUT2D eigenvalue weighted by atomic mass is 10.2. The minimum absolute atomic E-state index is 0.423. The zero-order valence-corrected chi connectivity index (χ0v) is 14.0. The summed E-state index contributed by atoms with van der Waals surface area (Å²) in [6.45, 7) is 0. The van der Waals surface area contributed by atoms with E-state index in [1.165, 1.54) is 11.8 Å². The molecule has 0 nitrogen and oxygen atoms in total. The van der Waals surface area contributed by atoms with Crippen LogP contribution in [0.5, 0.6) is 0 Å². The topological polar surface area (TPSA) is 0 Å². The lowest BCUT2D eigenvalue weighted by Gasteiger charge is -2.10. The molecular weight excluding hydrogens is 417 g/mol. The molecule has 0 N–H and O–H groups in total. The van der Waals surface area contributed by atoms with Gasteiger partial charge in [-0.3, -0.25) is 0 Å². The van der Waals surface area contributed by atoms with E-state index in [0.29, 0.717) is 9.37 Å². The number of rotatable bonds is 3. The van der Waals surface area contributed by atoms with Crippen molar-refractivity contribution in [3.05, 3.63) is 58.1 Å². The summed E-state index contributed by atoms with van der Waals surface area (Å²) < 4.78 is 38.7. The Labute approximate surface area is 136 Å². The van der Waals surface area contributed by atoms with Gasteiger partial charge in [0.2, 0.25) is 0 Å². The Morgan fingerprint density at radius 2 is 1.60 bits per heavy atom. The SMILES string of the molecule is FC(F)(F)c1cc(Br)cc(Sc2ccc(CBr)cc2)c1. The van der Waals surface area contributed by atoms with Crippen LogP contribution in [0.1, 0.15) is 11.1 Å². The maximum absolute atomic E-state index is 12.8. The number of halogens is 5. The van der Waals surface area contributed by atoms with Crippen LogP contribution in [0.25, 0.3) is 0 Å². The zero-order chi connectivity index (χ0) is 14.8. The molecule has 6 heteroatoms. The summed E-state index contributed by atoms with van der Waals surface area (Å²) in [5.41, 5.74) is 0.478. The van der Waals surface area contributed by atoms with Crippen molar-refractivity contribution in [3.63, 3.8) is 0 Å². The third-order valence-electron chi connectivity index (χ3n) is 2.51. The predicted octanol–water partition coefficient (Wildman–Crippen LogP) is 6.51. The highest BCUT2D eigenvalue weighted by Crippen LogP contribution is 2.36. The number of hydrogen-bond acceptors (Lipinski definition) is 1. The maximum atomic E-state index is 12.8. The molecule has 0 saturated carbocycles. The quantitative estimate of drug-likeness (QED) is 0.504. The Morgan fingerprint density at radius 3 is 2.15 bits per heavy atom. The molecule has 0 aromatic heterocycles. The average Bonchev–Trinajstić information content (AvgIpc) is 2.38. The van der Waals surface area contributed by atoms with Gasteiger partial charge in [0.15, 0.2) is 0 Å². The molecule has 106 valence electrons. The standard InChI is InChI=1S/C14H9Br2F3S/c15-8-9-1-3-12(4-2-9)20-13-6-10(14(17,18)19)5-11(16)7-13/h1-7H,8H2. The van der Waals surface area contributed by atoms with Gasteiger partial charge in [-0.05, 0) is 35.9 Å². The van der Waals surface area contributed by atoms with E-state index < -0.39 is 11.7 Å². The Bertz CT molecular complexity index is 594. The Balaban J connectivity index is 2.26. The van der Waals surface area contributed by atoms with Crippen molar-refractivity contribution < 1.29 is 13.2 Å². The molecule has 0 bridgehead atoms. The van der Waals surface area contributed by atoms with Crippen LogP contribution in [-0.4, -0.2) is 0 Å². The summed E-state index contributed by atoms with van der Waals surface area (Å²) in [5, 5.41) is 0.757. The van der Waals surface area contributed by atoms with Gasteiger partial charge in [0.1, 0.15) is 0 Å². The molecule has 0 amide bonds. The first-order valence-corrected chi connectivity index (χ1v) is 8.32. The number of hydrogen-bond donors (Lipinski definition) is 0. The van der Waals surface area contributed by atoms with E-state index in [1.807, 2.05) is 24.3 Å². The molecule has 20 heavy (non-hydrogen) atoms. The minimum atomic E-state index is -4.33. The van der Waals surface area contributed by atoms with Crippen molar-refractivity contribution in [2.24, 2.45) is 0 Å². The monoisotopic (exact) mass is 424 g/mol. The number of benzene rings is 2. The molecule has 0 aliphatic rings. The van der Waals surface area contributed by atoms with E-state index in [4.69, 9.17) is 0 Å². The molecule has 0 aliphatic heterocycles. The van der Waals surface area contributed by atoms with E-state index in [9.17, 15) is 13.2 Å². The van der Waals surface area contributed by atoms with Crippen LogP contribution in [0.4, 0.5) is 13.2 Å². The van der Waals surface area contributed by atoms with Crippen molar-refractivity contribution in [2.45, 2.75) is 21.3 Å². The molecule has 0 atom stereocenters. The van der Waals surface area contributed by atoms with Gasteiger partial charge in [-0.1, -0.05) is 55.8 Å². The van der Waals surface area contributed by atoms with E-state index in [2.05, 4.69) is 31.9 Å². The fraction of sp³-hybridized carbons (Fsp3) is 0.143. The summed E-state index contributed by atoms with van der Waals surface area (Å²) in [7, 11) is 0. The van der Waals surface area contributed by atoms with Crippen LogP contribution in [0.15, 0.2) is 56.7 Å². The molecule has 0 unspecified atom stereocenters. The molecule has 2 aromatic carbocycles. The first kappa shape index (κ1) is 15.9. The Hall–Kier alpha value is -0.460. The van der Waals surface area contributed by atoms with Crippen molar-refractivity contribution in [1.82, 2.24) is 0 Å². The molecule has 0 radical (unpaired) electrons. The summed E-state index contributed by atoms with van der Waals surface area (Å²) in [6.07, 6.45) is -4.33. The predicted molar refractivity (Wildman–Crippen MR) is 82.3 cm³/mol. The Morgan fingerprint density at radius 1 is 0.950 bits per heavy atom. The van der Waals surface area contributed by atoms with Crippen LogP contribution >= 0.6 is 43.6 Å². The minimum Gasteiger partial charge on any atom is -0.166 e. The highest BCUT2D eigenvalue weighted by atomic mass is 79.9. The highest BCUT2D eigenvalue weighted by molar-refractivity contribution is 9.10. The van der Waals surface area contributed by atoms with Gasteiger partial charge in [-0.25, -0.2) is 0 Å². The molecule has 0 saturated heterocycles.